The van der Waals surface area contributed by atoms with E-state index < -0.39 is 11.2 Å². The molecule has 6 heteroatoms. The van der Waals surface area contributed by atoms with Crippen LogP contribution in [0.2, 0.25) is 0 Å². The van der Waals surface area contributed by atoms with E-state index in [4.69, 9.17) is 0 Å². The number of hydrogen-bond acceptors (Lipinski definition) is 3. The molecule has 1 amide bonds. The number of H-pyrrole nitrogens is 1. The minimum Gasteiger partial charge on any atom is -0.350 e. The number of nitrogens with one attached hydrogen (secondary N) is 2. The van der Waals surface area contributed by atoms with Crippen molar-refractivity contribution in [2.24, 2.45) is 0 Å². The monoisotopic (exact) mass is 259 g/mol. The zero-order valence-corrected chi connectivity index (χ0v) is 10.1. The summed E-state index contributed by atoms with van der Waals surface area (Å²) in [5, 5.41) is 2.70. The highest BCUT2D eigenvalue weighted by atomic mass is 16.2. The lowest BCUT2D eigenvalue weighted by Gasteiger charge is -2.06. The molecule has 0 aliphatic heterocycles. The van der Waals surface area contributed by atoms with Gasteiger partial charge in [-0.1, -0.05) is 18.2 Å². The summed E-state index contributed by atoms with van der Waals surface area (Å²) in [5.41, 5.74) is -0.354. The number of aromatic nitrogens is 2. The third-order valence-electron chi connectivity index (χ3n) is 2.57. The van der Waals surface area contributed by atoms with Crippen LogP contribution in [0.5, 0.6) is 0 Å². The predicted molar refractivity (Wildman–Crippen MR) is 70.1 cm³/mol. The van der Waals surface area contributed by atoms with Gasteiger partial charge in [0.05, 0.1) is 0 Å². The van der Waals surface area contributed by atoms with Crippen LogP contribution in [-0.4, -0.2) is 22.0 Å². The second kappa shape index (κ2) is 5.81. The van der Waals surface area contributed by atoms with Crippen molar-refractivity contribution in [2.75, 3.05) is 6.54 Å². The summed E-state index contributed by atoms with van der Waals surface area (Å²) in [4.78, 5) is 36.1. The van der Waals surface area contributed by atoms with Gasteiger partial charge in [-0.05, 0) is 12.1 Å². The minimum atomic E-state index is -0.485. The van der Waals surface area contributed by atoms with E-state index in [9.17, 15) is 14.4 Å². The van der Waals surface area contributed by atoms with Crippen LogP contribution in [0, 0.1) is 0 Å². The van der Waals surface area contributed by atoms with Crippen LogP contribution in [0.1, 0.15) is 10.4 Å². The van der Waals surface area contributed by atoms with Crippen LogP contribution < -0.4 is 16.6 Å². The van der Waals surface area contributed by atoms with Crippen molar-refractivity contribution in [1.29, 1.82) is 0 Å². The van der Waals surface area contributed by atoms with E-state index in [1.165, 1.54) is 16.8 Å². The van der Waals surface area contributed by atoms with Crippen LogP contribution >= 0.6 is 0 Å². The van der Waals surface area contributed by atoms with Gasteiger partial charge in [0.25, 0.3) is 11.5 Å². The largest absolute Gasteiger partial charge is 0.350 e. The van der Waals surface area contributed by atoms with Crippen molar-refractivity contribution in [1.82, 2.24) is 14.9 Å². The number of benzene rings is 1. The Kier molecular flexibility index (Phi) is 3.92. The highest BCUT2D eigenvalue weighted by Crippen LogP contribution is 1.97. The lowest BCUT2D eigenvalue weighted by molar-refractivity contribution is 0.0952. The number of aromatic amines is 1. The molecule has 0 saturated heterocycles. The zero-order valence-electron chi connectivity index (χ0n) is 10.1. The van der Waals surface area contributed by atoms with Gasteiger partial charge in [-0.3, -0.25) is 19.1 Å². The minimum absolute atomic E-state index is 0.196. The Morgan fingerprint density at radius 1 is 1.16 bits per heavy atom. The van der Waals surface area contributed by atoms with Crippen LogP contribution in [0.15, 0.2) is 52.2 Å². The van der Waals surface area contributed by atoms with Crippen molar-refractivity contribution < 1.29 is 4.79 Å². The number of carbonyl (C=O) groups is 1. The van der Waals surface area contributed by atoms with Gasteiger partial charge in [-0.25, -0.2) is 4.79 Å². The molecule has 0 aliphatic carbocycles. The summed E-state index contributed by atoms with van der Waals surface area (Å²) in [6.45, 7) is 0.605. The molecule has 0 spiro atoms. The third kappa shape index (κ3) is 3.41. The number of carbonyl (C=O) groups excluding carboxylic acids is 1. The molecule has 0 fully saturated rings. The number of hydrogen-bond donors (Lipinski definition) is 2. The Morgan fingerprint density at radius 2 is 1.89 bits per heavy atom. The molecule has 1 heterocycles. The molecule has 2 rings (SSSR count). The highest BCUT2D eigenvalue weighted by Gasteiger charge is 2.03. The van der Waals surface area contributed by atoms with Crippen molar-refractivity contribution >= 4 is 5.91 Å². The van der Waals surface area contributed by atoms with E-state index in [2.05, 4.69) is 10.3 Å². The average Bonchev–Trinajstić information content (AvgIpc) is 2.42. The zero-order chi connectivity index (χ0) is 13.7. The Balaban J connectivity index is 1.92. The first-order chi connectivity index (χ1) is 9.16. The molecule has 1 aromatic carbocycles. The van der Waals surface area contributed by atoms with E-state index in [0.29, 0.717) is 18.7 Å². The van der Waals surface area contributed by atoms with Gasteiger partial charge >= 0.3 is 5.69 Å². The second-order valence-electron chi connectivity index (χ2n) is 3.93. The summed E-state index contributed by atoms with van der Waals surface area (Å²) in [7, 11) is 0. The summed E-state index contributed by atoms with van der Waals surface area (Å²) in [6, 6.07) is 10.1. The van der Waals surface area contributed by atoms with Crippen molar-refractivity contribution in [3.63, 3.8) is 0 Å². The van der Waals surface area contributed by atoms with Gasteiger partial charge in [-0.2, -0.15) is 0 Å². The fourth-order valence-electron chi connectivity index (χ4n) is 1.60. The first-order valence-electron chi connectivity index (χ1n) is 5.80. The molecule has 0 radical (unpaired) electrons. The molecule has 19 heavy (non-hydrogen) atoms. The van der Waals surface area contributed by atoms with Gasteiger partial charge in [-0.15, -0.1) is 0 Å². The molecule has 2 aromatic rings. The topological polar surface area (TPSA) is 84.0 Å². The van der Waals surface area contributed by atoms with Crippen LogP contribution in [0.3, 0.4) is 0 Å². The molecule has 0 saturated carbocycles. The van der Waals surface area contributed by atoms with Gasteiger partial charge in [0.1, 0.15) is 0 Å². The number of amides is 1. The molecule has 98 valence electrons. The third-order valence-corrected chi connectivity index (χ3v) is 2.57. The Labute approximate surface area is 108 Å². The molecule has 2 N–H and O–H groups in total. The maximum Gasteiger partial charge on any atom is 0.328 e. The maximum atomic E-state index is 11.7. The Hall–Kier alpha value is -2.63. The smallest absolute Gasteiger partial charge is 0.328 e. The predicted octanol–water partition coefficient (Wildman–Crippen LogP) is -0.0334. The molecular formula is C13H13N3O3. The van der Waals surface area contributed by atoms with Gasteiger partial charge in [0.2, 0.25) is 0 Å². The molecule has 0 bridgehead atoms. The first kappa shape index (κ1) is 12.8. The lowest BCUT2D eigenvalue weighted by atomic mass is 10.2. The SMILES string of the molecule is O=C(NCCn1ccc(=O)[nH]c1=O)c1ccccc1. The highest BCUT2D eigenvalue weighted by molar-refractivity contribution is 5.94. The number of rotatable bonds is 4. The van der Waals surface area contributed by atoms with E-state index in [0.717, 1.165) is 0 Å². The molecule has 0 aliphatic rings. The van der Waals surface area contributed by atoms with E-state index in [1.807, 2.05) is 6.07 Å². The first-order valence-corrected chi connectivity index (χ1v) is 5.80. The van der Waals surface area contributed by atoms with Crippen LogP contribution in [-0.2, 0) is 6.54 Å². The van der Waals surface area contributed by atoms with Crippen molar-refractivity contribution in [3.05, 3.63) is 69.0 Å². The van der Waals surface area contributed by atoms with E-state index >= 15 is 0 Å². The number of nitrogens with zero attached hydrogens (tertiary/aromatic N) is 1. The van der Waals surface area contributed by atoms with E-state index in [-0.39, 0.29) is 5.91 Å². The molecule has 0 unspecified atom stereocenters. The summed E-state index contributed by atoms with van der Waals surface area (Å²) in [5.74, 6) is -0.196. The quantitative estimate of drug-likeness (QED) is 0.808. The Morgan fingerprint density at radius 3 is 2.58 bits per heavy atom. The van der Waals surface area contributed by atoms with Gasteiger partial charge in [0.15, 0.2) is 0 Å². The maximum absolute atomic E-state index is 11.7. The van der Waals surface area contributed by atoms with Crippen LogP contribution in [0.4, 0.5) is 0 Å². The lowest BCUT2D eigenvalue weighted by Crippen LogP contribution is -2.33. The van der Waals surface area contributed by atoms with Gasteiger partial charge < -0.3 is 5.32 Å². The fourth-order valence-corrected chi connectivity index (χ4v) is 1.60. The molecular weight excluding hydrogens is 246 g/mol. The van der Waals surface area contributed by atoms with Crippen molar-refractivity contribution in [2.45, 2.75) is 6.54 Å². The molecule has 6 nitrogen and oxygen atoms in total. The van der Waals surface area contributed by atoms with E-state index in [1.54, 1.807) is 24.3 Å². The Bertz CT molecular complexity index is 673. The standard InChI is InChI=1S/C13H13N3O3/c17-11-6-8-16(13(19)15-11)9-7-14-12(18)10-4-2-1-3-5-10/h1-6,8H,7,9H2,(H,14,18)(H,15,17,19). The van der Waals surface area contributed by atoms with Crippen LogP contribution in [0.25, 0.3) is 0 Å². The average molecular weight is 259 g/mol. The second-order valence-corrected chi connectivity index (χ2v) is 3.93. The normalized spacial score (nSPS) is 10.1. The summed E-state index contributed by atoms with van der Waals surface area (Å²) in [6.07, 6.45) is 1.40. The fraction of sp³-hybridized carbons (Fsp3) is 0.154. The summed E-state index contributed by atoms with van der Waals surface area (Å²) >= 11 is 0. The molecule has 0 atom stereocenters. The van der Waals surface area contributed by atoms with Crippen molar-refractivity contribution in [3.8, 4) is 0 Å². The van der Waals surface area contributed by atoms with Gasteiger partial charge in [0, 0.05) is 30.9 Å². The molecule has 1 aromatic heterocycles. The summed E-state index contributed by atoms with van der Waals surface area (Å²) < 4.78 is 1.33.